The predicted molar refractivity (Wildman–Crippen MR) is 76.8 cm³/mol. The van der Waals surface area contributed by atoms with Crippen LogP contribution in [0.5, 0.6) is 0 Å². The smallest absolute Gasteiger partial charge is 0.389 e. The summed E-state index contributed by atoms with van der Waals surface area (Å²) < 4.78 is 41.1. The molecule has 20 heavy (non-hydrogen) atoms. The van der Waals surface area contributed by atoms with Gasteiger partial charge in [0.2, 0.25) is 0 Å². The summed E-state index contributed by atoms with van der Waals surface area (Å²) in [4.78, 5) is 11.9. The predicted octanol–water partition coefficient (Wildman–Crippen LogP) is 4.82. The lowest BCUT2D eigenvalue weighted by Crippen LogP contribution is -2.28. The number of carbonyl (C=O) groups is 1. The molecule has 0 radical (unpaired) electrons. The molecule has 0 saturated carbocycles. The molecule has 0 fully saturated rings. The topological polar surface area (TPSA) is 26.3 Å². The fourth-order valence-corrected chi connectivity index (χ4v) is 2.85. The number of hydrogen-bond donors (Lipinski definition) is 0. The minimum Gasteiger partial charge on any atom is -0.462 e. The van der Waals surface area contributed by atoms with E-state index >= 15 is 0 Å². The molecule has 1 atom stereocenters. The van der Waals surface area contributed by atoms with E-state index < -0.39 is 12.6 Å². The second kappa shape index (κ2) is 9.53. The zero-order valence-electron chi connectivity index (χ0n) is 12.6. The lowest BCUT2D eigenvalue weighted by Gasteiger charge is -2.20. The van der Waals surface area contributed by atoms with Crippen molar-refractivity contribution in [1.82, 2.24) is 0 Å². The summed E-state index contributed by atoms with van der Waals surface area (Å²) in [6.45, 7) is 7.50. The molecule has 6 heteroatoms. The number of carbonyl (C=O) groups excluding carboxylic acids is 1. The van der Waals surface area contributed by atoms with Gasteiger partial charge in [-0.1, -0.05) is 20.3 Å². The first kappa shape index (κ1) is 19.6. The molecule has 0 aromatic carbocycles. The molecule has 0 bridgehead atoms. The quantitative estimate of drug-likeness (QED) is 0.451. The normalized spacial score (nSPS) is 13.8. The van der Waals surface area contributed by atoms with Gasteiger partial charge in [0.1, 0.15) is 5.25 Å². The summed E-state index contributed by atoms with van der Waals surface area (Å²) in [5, 5.41) is -0.236. The Labute approximate surface area is 123 Å². The van der Waals surface area contributed by atoms with Gasteiger partial charge in [0.15, 0.2) is 0 Å². The lowest BCUT2D eigenvalue weighted by atomic mass is 10.1. The minimum absolute atomic E-state index is 0.142. The zero-order valence-corrected chi connectivity index (χ0v) is 13.4. The minimum atomic E-state index is -4.06. The van der Waals surface area contributed by atoms with E-state index in [1.165, 1.54) is 11.8 Å². The van der Waals surface area contributed by atoms with Gasteiger partial charge in [0.25, 0.3) is 0 Å². The number of hydrogen-bond acceptors (Lipinski definition) is 3. The molecule has 0 aromatic rings. The standard InChI is InChI=1S/C14H25F3O2S/c1-10(2)12(13(18)19-11(3)4)20-9-7-5-6-8-14(15,16)17/h10-12H,5-9H2,1-4H3. The van der Waals surface area contributed by atoms with Crippen molar-refractivity contribution in [1.29, 1.82) is 0 Å². The van der Waals surface area contributed by atoms with Gasteiger partial charge in [-0.25, -0.2) is 0 Å². The number of thioether (sulfide) groups is 1. The van der Waals surface area contributed by atoms with Crippen LogP contribution in [0.15, 0.2) is 0 Å². The van der Waals surface area contributed by atoms with Crippen molar-refractivity contribution in [2.45, 2.75) is 70.9 Å². The van der Waals surface area contributed by atoms with E-state index in [0.717, 1.165) is 0 Å². The lowest BCUT2D eigenvalue weighted by molar-refractivity contribution is -0.147. The number of ether oxygens (including phenoxy) is 1. The van der Waals surface area contributed by atoms with Gasteiger partial charge in [-0.05, 0) is 38.4 Å². The first-order valence-electron chi connectivity index (χ1n) is 7.02. The highest BCUT2D eigenvalue weighted by Gasteiger charge is 2.26. The maximum Gasteiger partial charge on any atom is 0.389 e. The number of alkyl halides is 3. The molecule has 0 N–H and O–H groups in total. The van der Waals surface area contributed by atoms with Crippen LogP contribution in [-0.4, -0.2) is 29.3 Å². The first-order chi connectivity index (χ1) is 9.13. The van der Waals surface area contributed by atoms with E-state index in [0.29, 0.717) is 18.6 Å². The molecule has 0 amide bonds. The van der Waals surface area contributed by atoms with Crippen LogP contribution in [0.4, 0.5) is 13.2 Å². The first-order valence-corrected chi connectivity index (χ1v) is 8.07. The number of esters is 1. The maximum absolute atomic E-state index is 12.0. The zero-order chi connectivity index (χ0) is 15.8. The van der Waals surface area contributed by atoms with Gasteiger partial charge in [-0.2, -0.15) is 13.2 Å². The van der Waals surface area contributed by atoms with E-state index in [2.05, 4.69) is 0 Å². The van der Waals surface area contributed by atoms with E-state index in [-0.39, 0.29) is 29.7 Å². The van der Waals surface area contributed by atoms with E-state index in [1.807, 2.05) is 13.8 Å². The third-order valence-corrected chi connectivity index (χ3v) is 4.21. The second-order valence-corrected chi connectivity index (χ2v) is 6.70. The van der Waals surface area contributed by atoms with Crippen LogP contribution < -0.4 is 0 Å². The molecule has 0 aliphatic carbocycles. The molecule has 0 saturated heterocycles. The van der Waals surface area contributed by atoms with E-state index in [9.17, 15) is 18.0 Å². The summed E-state index contributed by atoms with van der Waals surface area (Å²) in [5.41, 5.74) is 0. The fraction of sp³-hybridized carbons (Fsp3) is 0.929. The molecule has 0 aliphatic rings. The van der Waals surface area contributed by atoms with Crippen molar-refractivity contribution in [3.63, 3.8) is 0 Å². The Morgan fingerprint density at radius 3 is 2.15 bits per heavy atom. The highest BCUT2D eigenvalue weighted by molar-refractivity contribution is 8.00. The van der Waals surface area contributed by atoms with Crippen LogP contribution in [0.1, 0.15) is 53.4 Å². The van der Waals surface area contributed by atoms with Gasteiger partial charge in [0, 0.05) is 6.42 Å². The Morgan fingerprint density at radius 2 is 1.70 bits per heavy atom. The molecule has 0 spiro atoms. The van der Waals surface area contributed by atoms with E-state index in [1.54, 1.807) is 13.8 Å². The van der Waals surface area contributed by atoms with Crippen LogP contribution in [0.2, 0.25) is 0 Å². The Balaban J connectivity index is 3.90. The summed E-state index contributed by atoms with van der Waals surface area (Å²) in [7, 11) is 0. The number of rotatable bonds is 9. The summed E-state index contributed by atoms with van der Waals surface area (Å²) in [6.07, 6.45) is -3.53. The third kappa shape index (κ3) is 10.4. The molecule has 1 unspecified atom stereocenters. The van der Waals surface area contributed by atoms with Crippen LogP contribution in [0, 0.1) is 5.92 Å². The van der Waals surface area contributed by atoms with Crippen molar-refractivity contribution in [3.05, 3.63) is 0 Å². The Hall–Kier alpha value is -0.390. The molecule has 0 aromatic heterocycles. The summed E-state index contributed by atoms with van der Waals surface area (Å²) >= 11 is 1.48. The maximum atomic E-state index is 12.0. The van der Waals surface area contributed by atoms with Crippen molar-refractivity contribution in [2.24, 2.45) is 5.92 Å². The Morgan fingerprint density at radius 1 is 1.10 bits per heavy atom. The van der Waals surface area contributed by atoms with Crippen LogP contribution in [0.3, 0.4) is 0 Å². The van der Waals surface area contributed by atoms with Crippen molar-refractivity contribution < 1.29 is 22.7 Å². The Bertz CT molecular complexity index is 278. The largest absolute Gasteiger partial charge is 0.462 e. The molecule has 0 aliphatic heterocycles. The highest BCUT2D eigenvalue weighted by Crippen LogP contribution is 2.25. The van der Waals surface area contributed by atoms with Crippen molar-refractivity contribution in [2.75, 3.05) is 5.75 Å². The Kier molecular flexibility index (Phi) is 9.34. The van der Waals surface area contributed by atoms with Crippen molar-refractivity contribution in [3.8, 4) is 0 Å². The number of unbranched alkanes of at least 4 members (excludes halogenated alkanes) is 2. The molecule has 2 nitrogen and oxygen atoms in total. The molecular formula is C14H25F3O2S. The average molecular weight is 314 g/mol. The van der Waals surface area contributed by atoms with Gasteiger partial charge >= 0.3 is 12.1 Å². The van der Waals surface area contributed by atoms with Crippen LogP contribution >= 0.6 is 11.8 Å². The number of halogens is 3. The van der Waals surface area contributed by atoms with Gasteiger partial charge in [0.05, 0.1) is 6.10 Å². The summed E-state index contributed by atoms with van der Waals surface area (Å²) in [5.74, 6) is 0.616. The van der Waals surface area contributed by atoms with Crippen molar-refractivity contribution >= 4 is 17.7 Å². The van der Waals surface area contributed by atoms with Gasteiger partial charge < -0.3 is 4.74 Å². The van der Waals surface area contributed by atoms with Crippen LogP contribution in [-0.2, 0) is 9.53 Å². The average Bonchev–Trinajstić information content (AvgIpc) is 2.24. The molecule has 0 heterocycles. The SMILES string of the molecule is CC(C)OC(=O)C(SCCCCCC(F)(F)F)C(C)C. The summed E-state index contributed by atoms with van der Waals surface area (Å²) in [6, 6.07) is 0. The fourth-order valence-electron chi connectivity index (χ4n) is 1.65. The van der Waals surface area contributed by atoms with Crippen LogP contribution in [0.25, 0.3) is 0 Å². The van der Waals surface area contributed by atoms with Gasteiger partial charge in [-0.3, -0.25) is 4.79 Å². The van der Waals surface area contributed by atoms with E-state index in [4.69, 9.17) is 4.74 Å². The second-order valence-electron chi connectivity index (χ2n) is 5.45. The van der Waals surface area contributed by atoms with Gasteiger partial charge in [-0.15, -0.1) is 11.8 Å². The third-order valence-electron chi connectivity index (χ3n) is 2.59. The molecule has 120 valence electrons. The molecule has 0 rings (SSSR count). The molecular weight excluding hydrogens is 289 g/mol. The highest BCUT2D eigenvalue weighted by atomic mass is 32.2. The monoisotopic (exact) mass is 314 g/mol.